The van der Waals surface area contributed by atoms with Crippen molar-refractivity contribution in [2.24, 2.45) is 5.73 Å². The van der Waals surface area contributed by atoms with Gasteiger partial charge in [0.05, 0.1) is 0 Å². The second-order valence-corrected chi connectivity index (χ2v) is 5.09. The molecule has 94 valence electrons. The van der Waals surface area contributed by atoms with E-state index in [4.69, 9.17) is 5.73 Å². The Morgan fingerprint density at radius 3 is 2.82 bits per heavy atom. The largest absolute Gasteiger partial charge is 0.366 e. The van der Waals surface area contributed by atoms with Gasteiger partial charge in [0.2, 0.25) is 0 Å². The van der Waals surface area contributed by atoms with Gasteiger partial charge in [0, 0.05) is 6.04 Å². The third-order valence-corrected chi connectivity index (χ3v) is 3.14. The third kappa shape index (κ3) is 5.04. The summed E-state index contributed by atoms with van der Waals surface area (Å²) in [5, 5.41) is 10.9. The maximum Gasteiger partial charge on any atom is 0.269 e. The van der Waals surface area contributed by atoms with E-state index in [0.29, 0.717) is 11.9 Å². The van der Waals surface area contributed by atoms with Gasteiger partial charge < -0.3 is 11.1 Å². The van der Waals surface area contributed by atoms with Gasteiger partial charge in [-0.3, -0.25) is 4.79 Å². The second kappa shape index (κ2) is 7.11. The highest BCUT2D eigenvalue weighted by Gasteiger charge is 2.05. The van der Waals surface area contributed by atoms with E-state index in [9.17, 15) is 4.79 Å². The maximum atomic E-state index is 10.8. The van der Waals surface area contributed by atoms with Crippen LogP contribution in [0.3, 0.4) is 0 Å². The molecule has 0 bridgehead atoms. The van der Waals surface area contributed by atoms with Gasteiger partial charge >= 0.3 is 0 Å². The van der Waals surface area contributed by atoms with Gasteiger partial charge in [-0.1, -0.05) is 6.92 Å². The van der Waals surface area contributed by atoms with Crippen LogP contribution in [0.15, 0.2) is 12.1 Å². The van der Waals surface area contributed by atoms with Crippen LogP contribution in [0.4, 0.5) is 5.82 Å². The molecule has 1 amide bonds. The Morgan fingerprint density at radius 2 is 2.29 bits per heavy atom. The molecule has 0 saturated heterocycles. The number of thioether (sulfide) groups is 1. The number of nitrogens with zero attached hydrogens (tertiary/aromatic N) is 2. The minimum Gasteiger partial charge on any atom is -0.366 e. The van der Waals surface area contributed by atoms with Crippen LogP contribution in [0, 0.1) is 0 Å². The maximum absolute atomic E-state index is 10.8. The average molecular weight is 254 g/mol. The molecule has 0 saturated carbocycles. The summed E-state index contributed by atoms with van der Waals surface area (Å²) in [6, 6.07) is 3.63. The molecular formula is C11H18N4OS. The summed E-state index contributed by atoms with van der Waals surface area (Å²) in [4.78, 5) is 10.8. The molecule has 1 aromatic heterocycles. The molecule has 1 atom stereocenters. The van der Waals surface area contributed by atoms with Crippen LogP contribution in [0.1, 0.15) is 30.8 Å². The molecule has 0 spiro atoms. The number of primary amides is 1. The number of hydrogen-bond donors (Lipinski definition) is 2. The number of nitrogens with two attached hydrogens (primary N) is 1. The van der Waals surface area contributed by atoms with Crippen molar-refractivity contribution >= 4 is 23.5 Å². The number of amides is 1. The fraction of sp³-hybridized carbons (Fsp3) is 0.545. The van der Waals surface area contributed by atoms with Gasteiger partial charge in [0.15, 0.2) is 5.69 Å². The number of rotatable bonds is 7. The number of hydrogen-bond acceptors (Lipinski definition) is 5. The summed E-state index contributed by atoms with van der Waals surface area (Å²) >= 11 is 1.92. The average Bonchev–Trinajstić information content (AvgIpc) is 2.30. The number of carbonyl (C=O) groups excluding carboxylic acids is 1. The smallest absolute Gasteiger partial charge is 0.269 e. The van der Waals surface area contributed by atoms with Gasteiger partial charge in [0.25, 0.3) is 5.91 Å². The van der Waals surface area contributed by atoms with Crippen LogP contribution in [-0.4, -0.2) is 33.7 Å². The van der Waals surface area contributed by atoms with Crippen LogP contribution in [0.2, 0.25) is 0 Å². The Hall–Kier alpha value is -1.30. The monoisotopic (exact) mass is 254 g/mol. The van der Waals surface area contributed by atoms with E-state index in [1.54, 1.807) is 12.1 Å². The van der Waals surface area contributed by atoms with Crippen molar-refractivity contribution in [2.75, 3.05) is 16.8 Å². The van der Waals surface area contributed by atoms with Crippen molar-refractivity contribution in [1.82, 2.24) is 10.2 Å². The Bertz CT molecular complexity index is 355. The van der Waals surface area contributed by atoms with E-state index >= 15 is 0 Å². The van der Waals surface area contributed by atoms with Gasteiger partial charge in [-0.15, -0.1) is 10.2 Å². The fourth-order valence-corrected chi connectivity index (χ4v) is 2.08. The van der Waals surface area contributed by atoms with Crippen molar-refractivity contribution in [1.29, 1.82) is 0 Å². The highest BCUT2D eigenvalue weighted by Crippen LogP contribution is 2.09. The van der Waals surface area contributed by atoms with Crippen molar-refractivity contribution in [3.05, 3.63) is 17.8 Å². The van der Waals surface area contributed by atoms with Crippen molar-refractivity contribution in [3.63, 3.8) is 0 Å². The van der Waals surface area contributed by atoms with Crippen molar-refractivity contribution in [2.45, 2.75) is 26.3 Å². The topological polar surface area (TPSA) is 80.9 Å². The SMILES string of the molecule is CCSCCC(C)Nc1ccc(C(N)=O)nn1. The molecule has 0 aliphatic rings. The number of anilines is 1. The third-order valence-electron chi connectivity index (χ3n) is 2.21. The van der Waals surface area contributed by atoms with E-state index in [-0.39, 0.29) is 5.69 Å². The quantitative estimate of drug-likeness (QED) is 0.721. The summed E-state index contributed by atoms with van der Waals surface area (Å²) in [6.07, 6.45) is 1.07. The zero-order valence-corrected chi connectivity index (χ0v) is 11.0. The van der Waals surface area contributed by atoms with Gasteiger partial charge in [0.1, 0.15) is 5.82 Å². The highest BCUT2D eigenvalue weighted by molar-refractivity contribution is 7.99. The predicted octanol–water partition coefficient (Wildman–Crippen LogP) is 1.52. The first kappa shape index (κ1) is 13.8. The summed E-state index contributed by atoms with van der Waals surface area (Å²) < 4.78 is 0. The molecule has 17 heavy (non-hydrogen) atoms. The summed E-state index contributed by atoms with van der Waals surface area (Å²) in [6.45, 7) is 4.25. The molecule has 1 heterocycles. The lowest BCUT2D eigenvalue weighted by atomic mass is 10.2. The molecule has 0 fully saturated rings. The number of nitrogens with one attached hydrogen (secondary N) is 1. The number of aromatic nitrogens is 2. The van der Waals surface area contributed by atoms with Crippen LogP contribution in [0.25, 0.3) is 0 Å². The van der Waals surface area contributed by atoms with Crippen LogP contribution in [-0.2, 0) is 0 Å². The first-order chi connectivity index (χ1) is 8.13. The molecule has 0 aliphatic carbocycles. The Balaban J connectivity index is 2.43. The standard InChI is InChI=1S/C11H18N4OS/c1-3-17-7-6-8(2)13-10-5-4-9(11(12)16)14-15-10/h4-5,8H,3,6-7H2,1-2H3,(H2,12,16)(H,13,15). The summed E-state index contributed by atoms with van der Waals surface area (Å²) in [5.74, 6) is 2.37. The van der Waals surface area contributed by atoms with Gasteiger partial charge in [-0.05, 0) is 37.0 Å². The Morgan fingerprint density at radius 1 is 1.53 bits per heavy atom. The van der Waals surface area contributed by atoms with Crippen LogP contribution >= 0.6 is 11.8 Å². The normalized spacial score (nSPS) is 12.1. The zero-order valence-electron chi connectivity index (χ0n) is 10.1. The Labute approximate surface area is 106 Å². The predicted molar refractivity (Wildman–Crippen MR) is 71.3 cm³/mol. The molecule has 0 aliphatic heterocycles. The lowest BCUT2D eigenvalue weighted by molar-refractivity contribution is 0.0994. The molecule has 6 heteroatoms. The lowest BCUT2D eigenvalue weighted by Gasteiger charge is -2.13. The fourth-order valence-electron chi connectivity index (χ4n) is 1.27. The van der Waals surface area contributed by atoms with Crippen LogP contribution < -0.4 is 11.1 Å². The van der Waals surface area contributed by atoms with Gasteiger partial charge in [-0.2, -0.15) is 11.8 Å². The van der Waals surface area contributed by atoms with E-state index in [1.807, 2.05) is 11.8 Å². The first-order valence-corrected chi connectivity index (χ1v) is 6.76. The zero-order chi connectivity index (χ0) is 12.7. The molecule has 3 N–H and O–H groups in total. The molecule has 0 radical (unpaired) electrons. The van der Waals surface area contributed by atoms with Crippen molar-refractivity contribution in [3.8, 4) is 0 Å². The van der Waals surface area contributed by atoms with E-state index in [0.717, 1.165) is 17.9 Å². The second-order valence-electron chi connectivity index (χ2n) is 3.70. The highest BCUT2D eigenvalue weighted by atomic mass is 32.2. The molecule has 5 nitrogen and oxygen atoms in total. The molecular weight excluding hydrogens is 236 g/mol. The van der Waals surface area contributed by atoms with E-state index in [2.05, 4.69) is 29.4 Å². The summed E-state index contributed by atoms with van der Waals surface area (Å²) in [5.41, 5.74) is 5.27. The lowest BCUT2D eigenvalue weighted by Crippen LogP contribution is -2.18. The van der Waals surface area contributed by atoms with Gasteiger partial charge in [-0.25, -0.2) is 0 Å². The minimum absolute atomic E-state index is 0.185. The Kier molecular flexibility index (Phi) is 5.76. The van der Waals surface area contributed by atoms with Crippen LogP contribution in [0.5, 0.6) is 0 Å². The molecule has 1 unspecified atom stereocenters. The molecule has 1 rings (SSSR count). The summed E-state index contributed by atoms with van der Waals surface area (Å²) in [7, 11) is 0. The minimum atomic E-state index is -0.559. The molecule has 1 aromatic rings. The first-order valence-electron chi connectivity index (χ1n) is 5.61. The molecule has 0 aromatic carbocycles. The number of carbonyl (C=O) groups is 1. The van der Waals surface area contributed by atoms with Crippen molar-refractivity contribution < 1.29 is 4.79 Å². The van der Waals surface area contributed by atoms with E-state index < -0.39 is 5.91 Å². The van der Waals surface area contributed by atoms with E-state index in [1.165, 1.54) is 0 Å².